The average molecular weight is 331 g/mol. The van der Waals surface area contributed by atoms with E-state index in [-0.39, 0.29) is 17.0 Å². The van der Waals surface area contributed by atoms with Crippen LogP contribution in [0.15, 0.2) is 23.4 Å². The molecule has 20 heavy (non-hydrogen) atoms. The van der Waals surface area contributed by atoms with Crippen LogP contribution >= 0.6 is 34.7 Å². The molecule has 106 valence electrons. The largest absolute Gasteiger partial charge is 0.477 e. The molecule has 0 radical (unpaired) electrons. The predicted octanol–water partition coefficient (Wildman–Crippen LogP) is 1.53. The summed E-state index contributed by atoms with van der Waals surface area (Å²) < 4.78 is 0.667. The fourth-order valence-corrected chi connectivity index (χ4v) is 4.80. The van der Waals surface area contributed by atoms with E-state index < -0.39 is 12.0 Å². The van der Waals surface area contributed by atoms with Crippen LogP contribution in [0.4, 0.5) is 0 Å². The molecule has 1 amide bonds. The number of halogens is 1. The fourth-order valence-electron chi connectivity index (χ4n) is 2.37. The number of carbonyl (C=O) groups excluding carboxylic acids is 1. The fraction of sp³-hybridized carbons (Fsp3) is 0.333. The third-order valence-corrected chi connectivity index (χ3v) is 5.90. The average Bonchev–Trinajstić information content (AvgIpc) is 2.82. The monoisotopic (exact) mass is 330 g/mol. The second-order valence-electron chi connectivity index (χ2n) is 4.58. The Labute approximate surface area is 128 Å². The van der Waals surface area contributed by atoms with Gasteiger partial charge >= 0.3 is 5.97 Å². The molecule has 0 unspecified atom stereocenters. The number of nitrogens with zero attached hydrogens (tertiary/aromatic N) is 1. The molecule has 1 saturated heterocycles. The molecule has 2 atom stereocenters. The first-order valence-corrected chi connectivity index (χ1v) is 8.13. The van der Waals surface area contributed by atoms with E-state index in [0.717, 1.165) is 10.5 Å². The highest BCUT2D eigenvalue weighted by molar-refractivity contribution is 8.00. The van der Waals surface area contributed by atoms with Gasteiger partial charge in [0.25, 0.3) is 0 Å². The molecule has 0 aromatic carbocycles. The molecule has 0 spiro atoms. The van der Waals surface area contributed by atoms with Crippen LogP contribution in [0.1, 0.15) is 4.88 Å². The van der Waals surface area contributed by atoms with Gasteiger partial charge in [-0.3, -0.25) is 9.69 Å². The van der Waals surface area contributed by atoms with Crippen molar-refractivity contribution >= 4 is 46.6 Å². The molecule has 0 aliphatic carbocycles. The summed E-state index contributed by atoms with van der Waals surface area (Å²) >= 11 is 8.81. The number of β-lactam (4-membered cyclic amide) rings is 1. The van der Waals surface area contributed by atoms with Gasteiger partial charge in [-0.1, -0.05) is 11.6 Å². The number of nitrogens with two attached hydrogens (primary N) is 1. The van der Waals surface area contributed by atoms with Gasteiger partial charge in [0.15, 0.2) is 0 Å². The second kappa shape index (κ2) is 5.07. The molecule has 0 saturated carbocycles. The molecular formula is C12H11ClN2O3S2. The number of hydrogen-bond donors (Lipinski definition) is 2. The molecule has 3 N–H and O–H groups in total. The van der Waals surface area contributed by atoms with Crippen LogP contribution in [0.25, 0.3) is 0 Å². The van der Waals surface area contributed by atoms with Gasteiger partial charge < -0.3 is 10.8 Å². The van der Waals surface area contributed by atoms with Crippen molar-refractivity contribution in [1.29, 1.82) is 0 Å². The lowest BCUT2D eigenvalue weighted by atomic mass is 10.0. The van der Waals surface area contributed by atoms with Crippen molar-refractivity contribution < 1.29 is 14.7 Å². The van der Waals surface area contributed by atoms with Crippen LogP contribution in [0.5, 0.6) is 0 Å². The van der Waals surface area contributed by atoms with E-state index in [0.29, 0.717) is 16.5 Å². The Bertz CT molecular complexity index is 628. The summed E-state index contributed by atoms with van der Waals surface area (Å²) in [5.41, 5.74) is 6.52. The maximum atomic E-state index is 11.8. The topological polar surface area (TPSA) is 83.6 Å². The van der Waals surface area contributed by atoms with Gasteiger partial charge in [-0.15, -0.1) is 23.1 Å². The Morgan fingerprint density at radius 1 is 1.55 bits per heavy atom. The van der Waals surface area contributed by atoms with Crippen molar-refractivity contribution in [3.05, 3.63) is 32.6 Å². The first-order valence-electron chi connectivity index (χ1n) is 5.89. The quantitative estimate of drug-likeness (QED) is 0.821. The van der Waals surface area contributed by atoms with Crippen molar-refractivity contribution in [2.45, 2.75) is 17.8 Å². The molecule has 1 fully saturated rings. The minimum atomic E-state index is -1.08. The number of carbonyl (C=O) groups is 2. The number of carboxylic acid groups (broad SMARTS) is 1. The zero-order valence-electron chi connectivity index (χ0n) is 10.2. The van der Waals surface area contributed by atoms with Crippen molar-refractivity contribution in [1.82, 2.24) is 4.90 Å². The van der Waals surface area contributed by atoms with Gasteiger partial charge in [0.05, 0.1) is 4.34 Å². The number of amides is 1. The van der Waals surface area contributed by atoms with Crippen molar-refractivity contribution in [2.24, 2.45) is 5.73 Å². The molecule has 1 aromatic rings. The molecule has 1 aromatic heterocycles. The van der Waals surface area contributed by atoms with Gasteiger partial charge in [0.1, 0.15) is 17.1 Å². The summed E-state index contributed by atoms with van der Waals surface area (Å²) in [6.45, 7) is 0. The molecule has 0 bridgehead atoms. The molecule has 2 aliphatic heterocycles. The molecule has 5 nitrogen and oxygen atoms in total. The minimum absolute atomic E-state index is 0.0879. The summed E-state index contributed by atoms with van der Waals surface area (Å²) in [4.78, 5) is 25.6. The zero-order chi connectivity index (χ0) is 14.4. The number of fused-ring (bicyclic) bond motifs is 1. The third-order valence-electron chi connectivity index (χ3n) is 3.31. The van der Waals surface area contributed by atoms with Gasteiger partial charge in [-0.2, -0.15) is 0 Å². The number of thiophene rings is 1. The van der Waals surface area contributed by atoms with Gasteiger partial charge in [0.2, 0.25) is 5.91 Å². The summed E-state index contributed by atoms with van der Waals surface area (Å²) in [7, 11) is 0. The van der Waals surface area contributed by atoms with E-state index >= 15 is 0 Å². The van der Waals surface area contributed by atoms with Gasteiger partial charge in [0, 0.05) is 17.1 Å². The lowest BCUT2D eigenvalue weighted by Gasteiger charge is -2.48. The van der Waals surface area contributed by atoms with E-state index in [4.69, 9.17) is 17.3 Å². The lowest BCUT2D eigenvalue weighted by Crippen LogP contribution is -2.68. The summed E-state index contributed by atoms with van der Waals surface area (Å²) in [5, 5.41) is 9.15. The molecule has 3 rings (SSSR count). The number of rotatable bonds is 3. The van der Waals surface area contributed by atoms with Crippen LogP contribution in [0.3, 0.4) is 0 Å². The number of aliphatic carboxylic acids is 1. The van der Waals surface area contributed by atoms with Crippen molar-refractivity contribution in [2.75, 3.05) is 5.75 Å². The number of thioether (sulfide) groups is 1. The zero-order valence-corrected chi connectivity index (χ0v) is 12.6. The molecular weight excluding hydrogens is 320 g/mol. The molecule has 8 heteroatoms. The maximum Gasteiger partial charge on any atom is 0.352 e. The SMILES string of the molecule is N[C@@H]1C(=O)N2C(C(=O)O)=C(Cc3ccc(Cl)s3)CS[C@H]12. The first-order chi connectivity index (χ1) is 9.49. The Morgan fingerprint density at radius 3 is 2.90 bits per heavy atom. The van der Waals surface area contributed by atoms with Crippen LogP contribution in [0.2, 0.25) is 4.34 Å². The lowest BCUT2D eigenvalue weighted by molar-refractivity contribution is -0.148. The summed E-state index contributed by atoms with van der Waals surface area (Å²) in [5.74, 6) is -0.825. The Hall–Kier alpha value is -1.02. The predicted molar refractivity (Wildman–Crippen MR) is 78.8 cm³/mol. The summed E-state index contributed by atoms with van der Waals surface area (Å²) in [6, 6.07) is 3.07. The standard InChI is InChI=1S/C12H11ClN2O3S2/c13-7-2-1-6(20-7)3-5-4-19-11-8(14)10(16)15(11)9(5)12(17)18/h1-2,8,11H,3-4,14H2,(H,17,18)/t8-,11-/m1/s1. The van der Waals surface area contributed by atoms with E-state index in [1.54, 1.807) is 6.07 Å². The highest BCUT2D eigenvalue weighted by Gasteiger charge is 2.51. The van der Waals surface area contributed by atoms with Gasteiger partial charge in [-0.05, 0) is 17.7 Å². The smallest absolute Gasteiger partial charge is 0.352 e. The van der Waals surface area contributed by atoms with Crippen LogP contribution in [-0.2, 0) is 16.0 Å². The van der Waals surface area contributed by atoms with Crippen LogP contribution in [-0.4, -0.2) is 39.1 Å². The van der Waals surface area contributed by atoms with Crippen molar-refractivity contribution in [3.63, 3.8) is 0 Å². The van der Waals surface area contributed by atoms with E-state index in [1.807, 2.05) is 6.07 Å². The van der Waals surface area contributed by atoms with E-state index in [9.17, 15) is 14.7 Å². The number of carboxylic acids is 1. The second-order valence-corrected chi connectivity index (χ2v) is 7.48. The Morgan fingerprint density at radius 2 is 2.30 bits per heavy atom. The summed E-state index contributed by atoms with van der Waals surface area (Å²) in [6.07, 6.45) is 0.498. The highest BCUT2D eigenvalue weighted by Crippen LogP contribution is 2.40. The van der Waals surface area contributed by atoms with Crippen LogP contribution in [0, 0.1) is 0 Å². The van der Waals surface area contributed by atoms with Crippen molar-refractivity contribution in [3.8, 4) is 0 Å². The molecule has 3 heterocycles. The van der Waals surface area contributed by atoms with E-state index in [1.165, 1.54) is 28.0 Å². The minimum Gasteiger partial charge on any atom is -0.477 e. The molecule has 2 aliphatic rings. The first kappa shape index (κ1) is 13.9. The third kappa shape index (κ3) is 2.14. The van der Waals surface area contributed by atoms with Crippen LogP contribution < -0.4 is 5.73 Å². The Kier molecular flexibility index (Phi) is 3.53. The Balaban J connectivity index is 1.94. The van der Waals surface area contributed by atoms with E-state index in [2.05, 4.69) is 0 Å². The highest BCUT2D eigenvalue weighted by atomic mass is 35.5. The maximum absolute atomic E-state index is 11.8. The number of hydrogen-bond acceptors (Lipinski definition) is 5. The van der Waals surface area contributed by atoms with Gasteiger partial charge in [-0.25, -0.2) is 4.79 Å². The normalized spacial score (nSPS) is 25.5.